The molecule has 0 atom stereocenters. The van der Waals surface area contributed by atoms with Crippen molar-refractivity contribution in [1.29, 1.82) is 0 Å². The molecule has 0 fully saturated rings. The van der Waals surface area contributed by atoms with Crippen molar-refractivity contribution < 1.29 is 14.5 Å². The van der Waals surface area contributed by atoms with Crippen molar-refractivity contribution in [3.8, 4) is 0 Å². The highest BCUT2D eigenvalue weighted by Crippen LogP contribution is 2.30. The van der Waals surface area contributed by atoms with Gasteiger partial charge < -0.3 is 10.1 Å². The van der Waals surface area contributed by atoms with E-state index in [1.165, 1.54) is 0 Å². The van der Waals surface area contributed by atoms with Crippen LogP contribution >= 0.6 is 11.8 Å². The van der Waals surface area contributed by atoms with E-state index in [0.717, 1.165) is 18.2 Å². The molecule has 1 rings (SSSR count). The zero-order chi connectivity index (χ0) is 15.8. The van der Waals surface area contributed by atoms with Gasteiger partial charge in [0.05, 0.1) is 17.3 Å². The summed E-state index contributed by atoms with van der Waals surface area (Å²) in [6.45, 7) is 6.17. The van der Waals surface area contributed by atoms with E-state index in [-0.39, 0.29) is 28.8 Å². The molecule has 8 nitrogen and oxygen atoms in total. The maximum atomic E-state index is 11.4. The van der Waals surface area contributed by atoms with E-state index in [9.17, 15) is 14.9 Å². The van der Waals surface area contributed by atoms with Gasteiger partial charge in [-0.2, -0.15) is 4.98 Å². The van der Waals surface area contributed by atoms with Gasteiger partial charge in [-0.3, -0.25) is 14.9 Å². The third kappa shape index (κ3) is 5.18. The normalized spacial score (nSPS) is 10.2. The highest BCUT2D eigenvalue weighted by atomic mass is 32.2. The number of anilines is 1. The Morgan fingerprint density at radius 3 is 2.71 bits per heavy atom. The van der Waals surface area contributed by atoms with E-state index in [1.54, 1.807) is 13.8 Å². The summed E-state index contributed by atoms with van der Waals surface area (Å²) in [6.07, 6.45) is 0.880. The summed E-state index contributed by atoms with van der Waals surface area (Å²) in [5.74, 6) is -0.138. The van der Waals surface area contributed by atoms with Gasteiger partial charge in [0.15, 0.2) is 5.03 Å². The van der Waals surface area contributed by atoms with E-state index in [0.29, 0.717) is 12.5 Å². The van der Waals surface area contributed by atoms with Crippen LogP contribution in [0.2, 0.25) is 0 Å². The number of nitro groups is 1. The number of nitrogens with zero attached hydrogens (tertiary/aromatic N) is 3. The first-order chi connectivity index (χ1) is 9.99. The molecule has 0 unspecified atom stereocenters. The predicted octanol–water partition coefficient (Wildman–Crippen LogP) is 2.17. The lowest BCUT2D eigenvalue weighted by Gasteiger charge is -2.08. The second-order valence-electron chi connectivity index (χ2n) is 4.06. The Kier molecular flexibility index (Phi) is 6.86. The number of aryl methyl sites for hydroxylation is 1. The van der Waals surface area contributed by atoms with Crippen molar-refractivity contribution in [2.45, 2.75) is 32.2 Å². The standard InChI is InChI=1S/C12H18N4O4S/c1-4-6-13-12-14-8(3)10(16(18)19)11(15-12)21-7-9(17)20-5-2/h4-7H2,1-3H3,(H,13,14,15). The molecule has 1 aromatic heterocycles. The van der Waals surface area contributed by atoms with E-state index in [2.05, 4.69) is 15.3 Å². The number of ether oxygens (including phenoxy) is 1. The van der Waals surface area contributed by atoms with Gasteiger partial charge in [0.2, 0.25) is 5.95 Å². The SMILES string of the molecule is CCCNc1nc(C)c([N+](=O)[O-])c(SCC(=O)OCC)n1. The van der Waals surface area contributed by atoms with Crippen LogP contribution in [0.25, 0.3) is 0 Å². The van der Waals surface area contributed by atoms with Gasteiger partial charge in [-0.1, -0.05) is 18.7 Å². The smallest absolute Gasteiger partial charge is 0.322 e. The first-order valence-corrected chi connectivity index (χ1v) is 7.53. The molecule has 1 N–H and O–H groups in total. The third-order valence-corrected chi connectivity index (χ3v) is 3.31. The monoisotopic (exact) mass is 314 g/mol. The molecule has 1 heterocycles. The van der Waals surface area contributed by atoms with Gasteiger partial charge in [0.25, 0.3) is 0 Å². The zero-order valence-corrected chi connectivity index (χ0v) is 13.0. The first kappa shape index (κ1) is 17.2. The molecule has 0 saturated heterocycles. The molecule has 0 bridgehead atoms. The van der Waals surface area contributed by atoms with Gasteiger partial charge in [-0.25, -0.2) is 4.98 Å². The van der Waals surface area contributed by atoms with Crippen molar-refractivity contribution in [3.05, 3.63) is 15.8 Å². The van der Waals surface area contributed by atoms with E-state index >= 15 is 0 Å². The highest BCUT2D eigenvalue weighted by Gasteiger charge is 2.23. The average Bonchev–Trinajstić information content (AvgIpc) is 2.42. The van der Waals surface area contributed by atoms with E-state index < -0.39 is 10.9 Å². The Bertz CT molecular complexity index is 524. The molecule has 0 aliphatic rings. The molecule has 0 radical (unpaired) electrons. The van der Waals surface area contributed by atoms with Crippen LogP contribution in [0.5, 0.6) is 0 Å². The van der Waals surface area contributed by atoms with Crippen molar-refractivity contribution in [1.82, 2.24) is 9.97 Å². The molecular formula is C12H18N4O4S. The summed E-state index contributed by atoms with van der Waals surface area (Å²) in [5, 5.41) is 14.3. The number of carbonyl (C=O) groups is 1. The van der Waals surface area contributed by atoms with Crippen LogP contribution < -0.4 is 5.32 Å². The van der Waals surface area contributed by atoms with Gasteiger partial charge in [-0.05, 0) is 20.3 Å². The number of esters is 1. The largest absolute Gasteiger partial charge is 0.465 e. The van der Waals surface area contributed by atoms with Crippen LogP contribution in [0, 0.1) is 17.0 Å². The number of hydrogen-bond donors (Lipinski definition) is 1. The fourth-order valence-electron chi connectivity index (χ4n) is 1.50. The second kappa shape index (κ2) is 8.40. The number of nitrogens with one attached hydrogen (secondary N) is 1. The summed E-state index contributed by atoms with van der Waals surface area (Å²) in [7, 11) is 0. The van der Waals surface area contributed by atoms with Crippen LogP contribution in [0.4, 0.5) is 11.6 Å². The van der Waals surface area contributed by atoms with E-state index in [1.807, 2.05) is 6.92 Å². The Morgan fingerprint density at radius 1 is 1.43 bits per heavy atom. The molecule has 0 spiro atoms. The molecular weight excluding hydrogens is 296 g/mol. The summed E-state index contributed by atoms with van der Waals surface area (Å²) in [4.78, 5) is 30.1. The second-order valence-corrected chi connectivity index (χ2v) is 5.03. The lowest BCUT2D eigenvalue weighted by molar-refractivity contribution is -0.389. The molecule has 21 heavy (non-hydrogen) atoms. The molecule has 116 valence electrons. The van der Waals surface area contributed by atoms with Crippen molar-refractivity contribution >= 4 is 29.4 Å². The highest BCUT2D eigenvalue weighted by molar-refractivity contribution is 8.00. The molecule has 9 heteroatoms. The fourth-order valence-corrected chi connectivity index (χ4v) is 2.35. The third-order valence-electron chi connectivity index (χ3n) is 2.37. The Morgan fingerprint density at radius 2 is 2.14 bits per heavy atom. The van der Waals surface area contributed by atoms with Gasteiger partial charge in [0.1, 0.15) is 5.69 Å². The predicted molar refractivity (Wildman–Crippen MR) is 79.6 cm³/mol. The fraction of sp³-hybridized carbons (Fsp3) is 0.583. The maximum Gasteiger partial charge on any atom is 0.322 e. The van der Waals surface area contributed by atoms with Crippen LogP contribution in [0.3, 0.4) is 0 Å². The lowest BCUT2D eigenvalue weighted by atomic mass is 10.4. The van der Waals surface area contributed by atoms with Gasteiger partial charge in [-0.15, -0.1) is 0 Å². The molecule has 0 aromatic carbocycles. The summed E-state index contributed by atoms with van der Waals surface area (Å²) < 4.78 is 4.80. The summed E-state index contributed by atoms with van der Waals surface area (Å²) in [6, 6.07) is 0. The number of rotatable bonds is 8. The quantitative estimate of drug-likeness (QED) is 0.256. The minimum absolute atomic E-state index is 0.0294. The Hall–Kier alpha value is -1.90. The molecule has 0 amide bonds. The van der Waals surface area contributed by atoms with Crippen LogP contribution in [0.1, 0.15) is 26.0 Å². The van der Waals surface area contributed by atoms with Crippen molar-refractivity contribution in [3.63, 3.8) is 0 Å². The molecule has 0 saturated carbocycles. The van der Waals surface area contributed by atoms with Crippen LogP contribution in [-0.4, -0.2) is 39.8 Å². The Labute approximate surface area is 126 Å². The Balaban J connectivity index is 2.98. The van der Waals surface area contributed by atoms with Crippen molar-refractivity contribution in [2.75, 3.05) is 24.2 Å². The maximum absolute atomic E-state index is 11.4. The minimum Gasteiger partial charge on any atom is -0.465 e. The van der Waals surface area contributed by atoms with Crippen LogP contribution in [-0.2, 0) is 9.53 Å². The van der Waals surface area contributed by atoms with Crippen LogP contribution in [0.15, 0.2) is 5.03 Å². The first-order valence-electron chi connectivity index (χ1n) is 6.54. The van der Waals surface area contributed by atoms with Gasteiger partial charge >= 0.3 is 11.7 Å². The summed E-state index contributed by atoms with van der Waals surface area (Å²) in [5.41, 5.74) is 0.0892. The van der Waals surface area contributed by atoms with E-state index in [4.69, 9.17) is 4.74 Å². The minimum atomic E-state index is -0.535. The molecule has 0 aliphatic heterocycles. The number of carbonyl (C=O) groups excluding carboxylic acids is 1. The lowest BCUT2D eigenvalue weighted by Crippen LogP contribution is -2.10. The number of thioether (sulfide) groups is 1. The molecule has 0 aliphatic carbocycles. The number of hydrogen-bond acceptors (Lipinski definition) is 8. The molecule has 1 aromatic rings. The number of aromatic nitrogens is 2. The van der Waals surface area contributed by atoms with Gasteiger partial charge in [0, 0.05) is 6.54 Å². The average molecular weight is 314 g/mol. The summed E-state index contributed by atoms with van der Waals surface area (Å²) >= 11 is 0.978. The zero-order valence-electron chi connectivity index (χ0n) is 12.2. The topological polar surface area (TPSA) is 107 Å². The van der Waals surface area contributed by atoms with Crippen molar-refractivity contribution in [2.24, 2.45) is 0 Å².